The maximum atomic E-state index is 10.8. The van der Waals surface area contributed by atoms with Crippen LogP contribution in [0.1, 0.15) is 5.82 Å². The van der Waals surface area contributed by atoms with Gasteiger partial charge in [-0.3, -0.25) is 0 Å². The normalized spacial score (nSPS) is 11.8. The Balaban J connectivity index is 2.30. The third kappa shape index (κ3) is 3.71. The summed E-state index contributed by atoms with van der Waals surface area (Å²) in [5.41, 5.74) is 0. The van der Waals surface area contributed by atoms with E-state index in [0.29, 0.717) is 12.2 Å². The summed E-state index contributed by atoms with van der Waals surface area (Å²) in [7, 11) is -3.34. The number of halogens is 1. The molecule has 1 rings (SSSR count). The van der Waals surface area contributed by atoms with Crippen LogP contribution in [-0.2, 0) is 16.4 Å². The van der Waals surface area contributed by atoms with Gasteiger partial charge in [-0.1, -0.05) is 5.16 Å². The highest BCUT2D eigenvalue weighted by molar-refractivity contribution is 7.90. The highest BCUT2D eigenvalue weighted by Crippen LogP contribution is 1.91. The van der Waals surface area contributed by atoms with Crippen LogP contribution in [0.15, 0.2) is 10.9 Å². The Bertz CT molecular complexity index is 336. The van der Waals surface area contributed by atoms with Gasteiger partial charge < -0.3 is 4.52 Å². The molecule has 0 spiro atoms. The predicted octanol–water partition coefficient (Wildman–Crippen LogP) is -0.272. The van der Waals surface area contributed by atoms with Crippen LogP contribution in [0.3, 0.4) is 0 Å². The van der Waals surface area contributed by atoms with E-state index < -0.39 is 15.2 Å². The molecular weight excluding hydrogens is 218 g/mol. The predicted molar refractivity (Wildman–Crippen MR) is 45.6 cm³/mol. The number of aromatic nitrogens is 2. The minimum atomic E-state index is -3.34. The monoisotopic (exact) mass is 225 g/mol. The molecule has 0 aliphatic heterocycles. The first-order valence-corrected chi connectivity index (χ1v) is 5.61. The maximum absolute atomic E-state index is 10.8. The Hall–Kier alpha value is -0.660. The Labute approximate surface area is 80.3 Å². The fourth-order valence-corrected chi connectivity index (χ4v) is 1.38. The van der Waals surface area contributed by atoms with Crippen LogP contribution in [0.25, 0.3) is 0 Å². The van der Waals surface area contributed by atoms with Crippen molar-refractivity contribution in [2.24, 2.45) is 0 Å². The van der Waals surface area contributed by atoms with E-state index in [1.807, 2.05) is 0 Å². The van der Waals surface area contributed by atoms with Crippen LogP contribution >= 0.6 is 11.6 Å². The van der Waals surface area contributed by atoms with Gasteiger partial charge in [-0.25, -0.2) is 13.1 Å². The zero-order valence-electron chi connectivity index (χ0n) is 6.60. The van der Waals surface area contributed by atoms with Crippen LogP contribution in [-0.4, -0.2) is 30.3 Å². The van der Waals surface area contributed by atoms with Crippen molar-refractivity contribution in [1.29, 1.82) is 0 Å². The molecule has 1 aromatic rings. The molecule has 0 atom stereocenters. The van der Waals surface area contributed by atoms with Crippen LogP contribution in [0.4, 0.5) is 0 Å². The number of nitrogens with zero attached hydrogens (tertiary/aromatic N) is 2. The lowest BCUT2D eigenvalue weighted by molar-refractivity contribution is 0.410. The molecule has 0 unspecified atom stereocenters. The molecule has 0 radical (unpaired) electrons. The van der Waals surface area contributed by atoms with Gasteiger partial charge in [-0.05, 0) is 0 Å². The van der Waals surface area contributed by atoms with Crippen LogP contribution in [0, 0.1) is 0 Å². The fraction of sp³-hybridized carbons (Fsp3) is 0.600. The Morgan fingerprint density at radius 2 is 2.38 bits per heavy atom. The Kier molecular flexibility index (Phi) is 3.64. The summed E-state index contributed by atoms with van der Waals surface area (Å²) in [6.45, 7) is 0.217. The second kappa shape index (κ2) is 4.54. The molecule has 1 heterocycles. The van der Waals surface area contributed by atoms with Gasteiger partial charge in [0.25, 0.3) is 0 Å². The number of nitrogens with one attached hydrogen (secondary N) is 1. The highest BCUT2D eigenvalue weighted by Gasteiger charge is 2.07. The first-order valence-electron chi connectivity index (χ1n) is 3.42. The van der Waals surface area contributed by atoms with E-state index >= 15 is 0 Å². The van der Waals surface area contributed by atoms with Gasteiger partial charge in [0.1, 0.15) is 5.21 Å². The zero-order chi connectivity index (χ0) is 9.73. The van der Waals surface area contributed by atoms with Crippen molar-refractivity contribution < 1.29 is 12.9 Å². The van der Waals surface area contributed by atoms with Gasteiger partial charge in [-0.15, -0.1) is 11.6 Å². The van der Waals surface area contributed by atoms with E-state index in [9.17, 15) is 8.42 Å². The number of sulfonamides is 1. The molecule has 1 N–H and O–H groups in total. The second-order valence-electron chi connectivity index (χ2n) is 2.22. The zero-order valence-corrected chi connectivity index (χ0v) is 8.18. The number of alkyl halides is 1. The van der Waals surface area contributed by atoms with E-state index in [-0.39, 0.29) is 6.54 Å². The quantitative estimate of drug-likeness (QED) is 0.698. The molecule has 0 aromatic carbocycles. The smallest absolute Gasteiger partial charge is 0.225 e. The van der Waals surface area contributed by atoms with Gasteiger partial charge in [0.2, 0.25) is 16.4 Å². The van der Waals surface area contributed by atoms with E-state index in [1.165, 1.54) is 6.39 Å². The summed E-state index contributed by atoms with van der Waals surface area (Å²) >= 11 is 5.15. The topological polar surface area (TPSA) is 85.1 Å². The number of hydrogen-bond donors (Lipinski definition) is 1. The van der Waals surface area contributed by atoms with E-state index in [0.717, 1.165) is 0 Å². The summed E-state index contributed by atoms with van der Waals surface area (Å²) in [5, 5.41) is 3.06. The average molecular weight is 226 g/mol. The van der Waals surface area contributed by atoms with Gasteiger partial charge in [0.05, 0.1) is 0 Å². The van der Waals surface area contributed by atoms with Gasteiger partial charge >= 0.3 is 0 Å². The van der Waals surface area contributed by atoms with Crippen molar-refractivity contribution >= 4 is 21.6 Å². The Morgan fingerprint density at radius 1 is 1.62 bits per heavy atom. The van der Waals surface area contributed by atoms with Crippen molar-refractivity contribution in [3.05, 3.63) is 12.2 Å². The molecule has 0 saturated carbocycles. The minimum absolute atomic E-state index is 0.217. The first-order chi connectivity index (χ1) is 6.14. The lowest BCUT2D eigenvalue weighted by Gasteiger charge is -1.99. The molecular formula is C5H8ClN3O3S. The van der Waals surface area contributed by atoms with E-state index in [2.05, 4.69) is 19.4 Å². The number of hydrogen-bond acceptors (Lipinski definition) is 5. The fourth-order valence-electron chi connectivity index (χ4n) is 0.659. The van der Waals surface area contributed by atoms with Crippen molar-refractivity contribution in [2.45, 2.75) is 6.42 Å². The number of rotatable bonds is 5. The SMILES string of the molecule is O=S(=O)(CCl)NCCc1ncon1. The lowest BCUT2D eigenvalue weighted by Crippen LogP contribution is -2.26. The molecule has 0 bridgehead atoms. The van der Waals surface area contributed by atoms with Crippen molar-refractivity contribution in [1.82, 2.24) is 14.9 Å². The van der Waals surface area contributed by atoms with E-state index in [1.54, 1.807) is 0 Å². The molecule has 0 saturated heterocycles. The van der Waals surface area contributed by atoms with Gasteiger partial charge in [0.15, 0.2) is 5.82 Å². The summed E-state index contributed by atoms with van der Waals surface area (Å²) < 4.78 is 28.4. The van der Waals surface area contributed by atoms with Crippen molar-refractivity contribution in [3.8, 4) is 0 Å². The van der Waals surface area contributed by atoms with Crippen LogP contribution in [0.2, 0.25) is 0 Å². The molecule has 0 aliphatic rings. The summed E-state index contributed by atoms with van der Waals surface area (Å²) in [4.78, 5) is 3.72. The molecule has 6 nitrogen and oxygen atoms in total. The summed E-state index contributed by atoms with van der Waals surface area (Å²) in [6.07, 6.45) is 1.57. The van der Waals surface area contributed by atoms with Crippen molar-refractivity contribution in [2.75, 3.05) is 11.8 Å². The maximum Gasteiger partial charge on any atom is 0.225 e. The largest absolute Gasteiger partial charge is 0.343 e. The highest BCUT2D eigenvalue weighted by atomic mass is 35.5. The molecule has 13 heavy (non-hydrogen) atoms. The molecule has 0 fully saturated rings. The van der Waals surface area contributed by atoms with Crippen molar-refractivity contribution in [3.63, 3.8) is 0 Å². The molecule has 74 valence electrons. The Morgan fingerprint density at radius 3 is 2.92 bits per heavy atom. The standard InChI is InChI=1S/C5H8ClN3O3S/c6-3-13(10,11)8-2-1-5-7-4-12-9-5/h4,8H,1-3H2. The molecule has 1 aromatic heterocycles. The summed E-state index contributed by atoms with van der Waals surface area (Å²) in [5.74, 6) is 0.456. The van der Waals surface area contributed by atoms with Gasteiger partial charge in [-0.2, -0.15) is 4.98 Å². The third-order valence-electron chi connectivity index (χ3n) is 1.22. The van der Waals surface area contributed by atoms with Crippen LogP contribution in [0.5, 0.6) is 0 Å². The first kappa shape index (κ1) is 10.4. The van der Waals surface area contributed by atoms with Crippen LogP contribution < -0.4 is 4.72 Å². The third-order valence-corrected chi connectivity index (χ3v) is 3.01. The molecule has 0 aliphatic carbocycles. The van der Waals surface area contributed by atoms with Gasteiger partial charge in [0, 0.05) is 13.0 Å². The molecule has 8 heteroatoms. The minimum Gasteiger partial charge on any atom is -0.343 e. The summed E-state index contributed by atoms with van der Waals surface area (Å²) in [6, 6.07) is 0. The lowest BCUT2D eigenvalue weighted by atomic mass is 10.4. The second-order valence-corrected chi connectivity index (χ2v) is 4.61. The average Bonchev–Trinajstić information content (AvgIpc) is 2.57. The van der Waals surface area contributed by atoms with E-state index in [4.69, 9.17) is 11.6 Å². The molecule has 0 amide bonds.